The normalized spacial score (nSPS) is 14.7. The first-order chi connectivity index (χ1) is 11.9. The van der Waals surface area contributed by atoms with Crippen molar-refractivity contribution in [3.05, 3.63) is 35.9 Å². The van der Waals surface area contributed by atoms with Crippen LogP contribution in [0.25, 0.3) is 0 Å². The number of benzene rings is 1. The number of sulfonamides is 1. The van der Waals surface area contributed by atoms with Crippen molar-refractivity contribution in [3.8, 4) is 0 Å². The number of carbonyl (C=O) groups is 2. The lowest BCUT2D eigenvalue weighted by Crippen LogP contribution is -2.59. The number of nitrogens with one attached hydrogen (secondary N) is 1. The van der Waals surface area contributed by atoms with Crippen molar-refractivity contribution in [2.75, 3.05) is 26.8 Å². The highest BCUT2D eigenvalue weighted by Gasteiger charge is 2.41. The largest absolute Gasteiger partial charge is 0.445 e. The van der Waals surface area contributed by atoms with Crippen molar-refractivity contribution in [1.82, 2.24) is 9.62 Å². The van der Waals surface area contributed by atoms with E-state index in [-0.39, 0.29) is 26.1 Å². The van der Waals surface area contributed by atoms with Crippen molar-refractivity contribution in [3.63, 3.8) is 0 Å². The van der Waals surface area contributed by atoms with E-state index in [1.54, 1.807) is 0 Å². The molecule has 2 amide bonds. The van der Waals surface area contributed by atoms with Crippen LogP contribution in [0.4, 0.5) is 4.79 Å². The zero-order valence-electron chi connectivity index (χ0n) is 14.0. The van der Waals surface area contributed by atoms with E-state index in [2.05, 4.69) is 0 Å². The van der Waals surface area contributed by atoms with Crippen LogP contribution in [0.1, 0.15) is 18.4 Å². The van der Waals surface area contributed by atoms with Crippen LogP contribution in [0.2, 0.25) is 0 Å². The van der Waals surface area contributed by atoms with Crippen molar-refractivity contribution in [2.24, 2.45) is 0 Å². The lowest BCUT2D eigenvalue weighted by molar-refractivity contribution is -0.119. The number of carbonyl (C=O) groups excluding carboxylic acids is 2. The average Bonchev–Trinajstić information content (AvgIpc) is 2.52. The summed E-state index contributed by atoms with van der Waals surface area (Å²) in [5.74, 6) is -0.567. The second-order valence-corrected chi connectivity index (χ2v) is 7.69. The summed E-state index contributed by atoms with van der Waals surface area (Å²) in [6.45, 7) is 0.532. The molecule has 8 nitrogen and oxygen atoms in total. The van der Waals surface area contributed by atoms with Crippen LogP contribution < -0.4 is 4.72 Å². The van der Waals surface area contributed by atoms with Crippen LogP contribution in [0.15, 0.2) is 30.3 Å². The molecular formula is C16H22N2O6S. The fraction of sp³-hybridized carbons (Fsp3) is 0.500. The third-order valence-corrected chi connectivity index (χ3v) is 5.45. The van der Waals surface area contributed by atoms with E-state index in [1.807, 2.05) is 35.1 Å². The van der Waals surface area contributed by atoms with Gasteiger partial charge in [0.2, 0.25) is 15.9 Å². The van der Waals surface area contributed by atoms with E-state index in [0.717, 1.165) is 5.56 Å². The van der Waals surface area contributed by atoms with E-state index in [4.69, 9.17) is 9.47 Å². The lowest BCUT2D eigenvalue weighted by atomic mass is 10.2. The van der Waals surface area contributed by atoms with Gasteiger partial charge in [-0.15, -0.1) is 0 Å². The third kappa shape index (κ3) is 5.71. The van der Waals surface area contributed by atoms with E-state index < -0.39 is 27.3 Å². The third-order valence-electron chi connectivity index (χ3n) is 3.76. The number of rotatable bonds is 8. The average molecular weight is 370 g/mol. The highest BCUT2D eigenvalue weighted by molar-refractivity contribution is 7.90. The van der Waals surface area contributed by atoms with Gasteiger partial charge in [0, 0.05) is 33.2 Å². The van der Waals surface area contributed by atoms with Gasteiger partial charge in [-0.05, 0) is 12.0 Å². The summed E-state index contributed by atoms with van der Waals surface area (Å²) in [6.07, 6.45) is -0.0509. The van der Waals surface area contributed by atoms with Crippen molar-refractivity contribution < 1.29 is 27.5 Å². The number of methoxy groups -OCH3 is 1. The SMILES string of the molecule is COCCCC(=O)NS(=O)(=O)C1CN(C(=O)OCc2ccccc2)C1. The minimum atomic E-state index is -3.78. The predicted octanol–water partition coefficient (Wildman–Crippen LogP) is 0.880. The maximum absolute atomic E-state index is 12.1. The Labute approximate surface area is 147 Å². The Kier molecular flexibility index (Phi) is 6.77. The zero-order valence-corrected chi connectivity index (χ0v) is 14.8. The van der Waals surface area contributed by atoms with Gasteiger partial charge in [-0.1, -0.05) is 30.3 Å². The molecule has 0 aromatic heterocycles. The molecule has 1 aromatic rings. The van der Waals surface area contributed by atoms with Crippen molar-refractivity contribution in [2.45, 2.75) is 24.7 Å². The monoisotopic (exact) mass is 370 g/mol. The quantitative estimate of drug-likeness (QED) is 0.682. The van der Waals surface area contributed by atoms with E-state index in [0.29, 0.717) is 13.0 Å². The molecule has 1 aromatic carbocycles. The number of hydrogen-bond donors (Lipinski definition) is 1. The van der Waals surface area contributed by atoms with Gasteiger partial charge in [-0.25, -0.2) is 13.2 Å². The Hall–Kier alpha value is -2.13. The highest BCUT2D eigenvalue weighted by Crippen LogP contribution is 2.17. The fourth-order valence-corrected chi connectivity index (χ4v) is 3.60. The molecule has 0 atom stereocenters. The highest BCUT2D eigenvalue weighted by atomic mass is 32.2. The number of likely N-dealkylation sites (tertiary alicyclic amines) is 1. The first kappa shape index (κ1) is 19.2. The zero-order chi connectivity index (χ0) is 18.3. The molecule has 0 aliphatic carbocycles. The molecule has 2 rings (SSSR count). The molecule has 1 fully saturated rings. The van der Waals surface area contributed by atoms with Gasteiger partial charge >= 0.3 is 6.09 Å². The molecule has 0 saturated carbocycles. The molecule has 0 unspecified atom stereocenters. The maximum Gasteiger partial charge on any atom is 0.410 e. The molecule has 0 spiro atoms. The molecule has 9 heteroatoms. The fourth-order valence-electron chi connectivity index (χ4n) is 2.26. The van der Waals surface area contributed by atoms with Gasteiger partial charge in [0.25, 0.3) is 0 Å². The predicted molar refractivity (Wildman–Crippen MR) is 90.2 cm³/mol. The molecule has 0 radical (unpaired) electrons. The van der Waals surface area contributed by atoms with Crippen molar-refractivity contribution in [1.29, 1.82) is 0 Å². The van der Waals surface area contributed by atoms with Gasteiger partial charge in [0.05, 0.1) is 0 Å². The molecule has 1 heterocycles. The second-order valence-electron chi connectivity index (χ2n) is 5.73. The van der Waals surface area contributed by atoms with E-state index in [1.165, 1.54) is 12.0 Å². The summed E-state index contributed by atoms with van der Waals surface area (Å²) >= 11 is 0. The topological polar surface area (TPSA) is 102 Å². The Morgan fingerprint density at radius 3 is 2.56 bits per heavy atom. The lowest BCUT2D eigenvalue weighted by Gasteiger charge is -2.37. The van der Waals surface area contributed by atoms with Gasteiger partial charge in [-0.3, -0.25) is 9.52 Å². The van der Waals surface area contributed by atoms with Crippen LogP contribution >= 0.6 is 0 Å². The Morgan fingerprint density at radius 2 is 1.92 bits per heavy atom. The molecule has 1 saturated heterocycles. The summed E-state index contributed by atoms with van der Waals surface area (Å²) in [6, 6.07) is 9.20. The van der Waals surface area contributed by atoms with Crippen molar-refractivity contribution >= 4 is 22.0 Å². The molecule has 25 heavy (non-hydrogen) atoms. The smallest absolute Gasteiger partial charge is 0.410 e. The molecule has 1 aliphatic rings. The summed E-state index contributed by atoms with van der Waals surface area (Å²) < 4.78 is 36.1. The number of ether oxygens (including phenoxy) is 2. The summed E-state index contributed by atoms with van der Waals surface area (Å²) in [5.41, 5.74) is 0.851. The Bertz CT molecular complexity index is 686. The first-order valence-corrected chi connectivity index (χ1v) is 9.46. The summed E-state index contributed by atoms with van der Waals surface area (Å²) in [7, 11) is -2.27. The first-order valence-electron chi connectivity index (χ1n) is 7.91. The minimum Gasteiger partial charge on any atom is -0.445 e. The van der Waals surface area contributed by atoms with Gasteiger partial charge in [0.15, 0.2) is 0 Å². The molecular weight excluding hydrogens is 348 g/mol. The van der Waals surface area contributed by atoms with E-state index >= 15 is 0 Å². The second kappa shape index (κ2) is 8.82. The van der Waals surface area contributed by atoms with Crippen LogP contribution in [-0.2, 0) is 30.9 Å². The standard InChI is InChI=1S/C16H22N2O6S/c1-23-9-5-8-15(19)17-25(21,22)14-10-18(11-14)16(20)24-12-13-6-3-2-4-7-13/h2-4,6-7,14H,5,8-12H2,1H3,(H,17,19). The van der Waals surface area contributed by atoms with Gasteiger partial charge in [-0.2, -0.15) is 0 Å². The van der Waals surface area contributed by atoms with Crippen LogP contribution in [0.3, 0.4) is 0 Å². The minimum absolute atomic E-state index is 0.00824. The van der Waals surface area contributed by atoms with Gasteiger partial charge < -0.3 is 14.4 Å². The van der Waals surface area contributed by atoms with Crippen LogP contribution in [0.5, 0.6) is 0 Å². The molecule has 1 N–H and O–H groups in total. The molecule has 0 bridgehead atoms. The Morgan fingerprint density at radius 1 is 1.24 bits per heavy atom. The molecule has 1 aliphatic heterocycles. The maximum atomic E-state index is 12.1. The number of hydrogen-bond acceptors (Lipinski definition) is 6. The Balaban J connectivity index is 1.72. The van der Waals surface area contributed by atoms with E-state index in [9.17, 15) is 18.0 Å². The summed E-state index contributed by atoms with van der Waals surface area (Å²) in [4.78, 5) is 24.8. The van der Waals surface area contributed by atoms with Crippen LogP contribution in [0, 0.1) is 0 Å². The number of amides is 2. The molecule has 138 valence electrons. The van der Waals surface area contributed by atoms with Gasteiger partial charge in [0.1, 0.15) is 11.9 Å². The number of nitrogens with zero attached hydrogens (tertiary/aromatic N) is 1. The van der Waals surface area contributed by atoms with Crippen LogP contribution in [-0.4, -0.2) is 57.4 Å². The summed E-state index contributed by atoms with van der Waals surface area (Å²) in [5, 5.41) is -0.803.